The predicted molar refractivity (Wildman–Crippen MR) is 107 cm³/mol. The van der Waals surface area contributed by atoms with Gasteiger partial charge in [-0.3, -0.25) is 9.59 Å². The van der Waals surface area contributed by atoms with Gasteiger partial charge < -0.3 is 14.8 Å². The van der Waals surface area contributed by atoms with Crippen molar-refractivity contribution in [1.82, 2.24) is 19.8 Å². The van der Waals surface area contributed by atoms with Gasteiger partial charge in [0.05, 0.1) is 5.69 Å². The number of fused-ring (bicyclic) bond motifs is 1. The van der Waals surface area contributed by atoms with Crippen LogP contribution in [-0.2, 0) is 19.4 Å². The molecule has 2 amide bonds. The minimum absolute atomic E-state index is 0.0572. The molecular weight excluding hydrogens is 371 g/mol. The molecule has 1 N–H and O–H groups in total. The Morgan fingerprint density at radius 1 is 1.00 bits per heavy atom. The molecule has 0 radical (unpaired) electrons. The molecule has 2 aliphatic heterocycles. The van der Waals surface area contributed by atoms with Gasteiger partial charge in [0.25, 0.3) is 11.8 Å². The molecule has 2 aromatic rings. The zero-order chi connectivity index (χ0) is 20.2. The molecule has 3 heterocycles. The molecule has 4 rings (SSSR count). The SMILES string of the molecule is O=C(NCCc1ccc(F)cc1)c1nc(C(=O)N2CCCCC2)n2c1CCCC2. The molecule has 1 aromatic carbocycles. The van der Waals surface area contributed by atoms with Crippen molar-refractivity contribution in [1.29, 1.82) is 0 Å². The lowest BCUT2D eigenvalue weighted by Gasteiger charge is -2.27. The molecule has 0 bridgehead atoms. The number of nitrogens with one attached hydrogen (secondary N) is 1. The van der Waals surface area contributed by atoms with Crippen molar-refractivity contribution in [2.24, 2.45) is 0 Å². The maximum Gasteiger partial charge on any atom is 0.289 e. The van der Waals surface area contributed by atoms with Gasteiger partial charge in [0, 0.05) is 26.2 Å². The first kappa shape index (κ1) is 19.6. The van der Waals surface area contributed by atoms with Crippen molar-refractivity contribution in [3.05, 3.63) is 52.9 Å². The van der Waals surface area contributed by atoms with E-state index in [-0.39, 0.29) is 17.6 Å². The summed E-state index contributed by atoms with van der Waals surface area (Å²) in [6, 6.07) is 6.27. The number of hydrogen-bond acceptors (Lipinski definition) is 3. The topological polar surface area (TPSA) is 67.2 Å². The van der Waals surface area contributed by atoms with Gasteiger partial charge in [0.2, 0.25) is 0 Å². The molecule has 0 aliphatic carbocycles. The second-order valence-corrected chi connectivity index (χ2v) is 7.82. The summed E-state index contributed by atoms with van der Waals surface area (Å²) in [5, 5.41) is 2.91. The largest absolute Gasteiger partial charge is 0.350 e. The van der Waals surface area contributed by atoms with Crippen LogP contribution in [0.3, 0.4) is 0 Å². The number of amides is 2. The van der Waals surface area contributed by atoms with Crippen molar-refractivity contribution in [2.45, 2.75) is 51.5 Å². The molecule has 1 saturated heterocycles. The van der Waals surface area contributed by atoms with Gasteiger partial charge >= 0.3 is 0 Å². The minimum atomic E-state index is -0.270. The predicted octanol–water partition coefficient (Wildman–Crippen LogP) is 2.96. The Morgan fingerprint density at radius 3 is 2.48 bits per heavy atom. The van der Waals surface area contributed by atoms with Gasteiger partial charge in [0.1, 0.15) is 11.5 Å². The van der Waals surface area contributed by atoms with Crippen LogP contribution in [-0.4, -0.2) is 45.9 Å². The summed E-state index contributed by atoms with van der Waals surface area (Å²) < 4.78 is 15.0. The van der Waals surface area contributed by atoms with Gasteiger partial charge in [-0.2, -0.15) is 0 Å². The fourth-order valence-corrected chi connectivity index (χ4v) is 4.18. The molecule has 1 fully saturated rings. The minimum Gasteiger partial charge on any atom is -0.350 e. The summed E-state index contributed by atoms with van der Waals surface area (Å²) in [6.07, 6.45) is 6.58. The number of piperidine rings is 1. The fraction of sp³-hybridized carbons (Fsp3) is 0.500. The Hall–Kier alpha value is -2.70. The number of nitrogens with zero attached hydrogens (tertiary/aromatic N) is 3. The molecule has 0 spiro atoms. The number of rotatable bonds is 5. The Morgan fingerprint density at radius 2 is 1.72 bits per heavy atom. The van der Waals surface area contributed by atoms with Crippen molar-refractivity contribution >= 4 is 11.8 Å². The third-order valence-corrected chi connectivity index (χ3v) is 5.78. The van der Waals surface area contributed by atoms with Gasteiger partial charge in [-0.05, 0) is 62.6 Å². The second kappa shape index (κ2) is 8.76. The number of carbonyl (C=O) groups excluding carboxylic acids is 2. The first-order valence-corrected chi connectivity index (χ1v) is 10.5. The van der Waals surface area contributed by atoms with E-state index in [2.05, 4.69) is 10.3 Å². The molecule has 6 nitrogen and oxygen atoms in total. The molecule has 2 aliphatic rings. The molecule has 29 heavy (non-hydrogen) atoms. The van der Waals surface area contributed by atoms with Crippen LogP contribution < -0.4 is 5.32 Å². The summed E-state index contributed by atoms with van der Waals surface area (Å²) in [5.74, 6) is -0.160. The maximum absolute atomic E-state index is 13.0. The molecular formula is C22H27FN4O2. The van der Waals surface area contributed by atoms with Crippen LogP contribution in [0.4, 0.5) is 4.39 Å². The lowest BCUT2D eigenvalue weighted by molar-refractivity contribution is 0.0705. The van der Waals surface area contributed by atoms with Gasteiger partial charge in [0.15, 0.2) is 5.82 Å². The zero-order valence-electron chi connectivity index (χ0n) is 16.6. The van der Waals surface area contributed by atoms with Gasteiger partial charge in [-0.15, -0.1) is 0 Å². The van der Waals surface area contributed by atoms with E-state index >= 15 is 0 Å². The van der Waals surface area contributed by atoms with Crippen molar-refractivity contribution in [3.8, 4) is 0 Å². The third kappa shape index (κ3) is 4.33. The van der Waals surface area contributed by atoms with E-state index in [0.717, 1.165) is 69.4 Å². The van der Waals surface area contributed by atoms with Crippen LogP contribution in [0.5, 0.6) is 0 Å². The maximum atomic E-state index is 13.0. The Kier molecular flexibility index (Phi) is 5.92. The quantitative estimate of drug-likeness (QED) is 0.842. The zero-order valence-corrected chi connectivity index (χ0v) is 16.6. The standard InChI is InChI=1S/C22H27FN4O2/c23-17-9-7-16(8-10-17)11-12-24-21(28)19-18-6-2-5-15-27(18)20(25-19)22(29)26-13-3-1-4-14-26/h7-10H,1-6,11-15H2,(H,24,28). The number of imidazole rings is 1. The highest BCUT2D eigenvalue weighted by Crippen LogP contribution is 2.23. The first-order chi connectivity index (χ1) is 14.1. The summed E-state index contributed by atoms with van der Waals surface area (Å²) in [7, 11) is 0. The van der Waals surface area contributed by atoms with Crippen LogP contribution >= 0.6 is 0 Å². The van der Waals surface area contributed by atoms with Gasteiger partial charge in [-0.1, -0.05) is 12.1 Å². The second-order valence-electron chi connectivity index (χ2n) is 7.82. The van der Waals surface area contributed by atoms with E-state index < -0.39 is 0 Å². The van der Waals surface area contributed by atoms with E-state index in [4.69, 9.17) is 0 Å². The van der Waals surface area contributed by atoms with E-state index in [0.29, 0.717) is 24.5 Å². The number of likely N-dealkylation sites (tertiary alicyclic amines) is 1. The lowest BCUT2D eigenvalue weighted by atomic mass is 10.1. The molecule has 154 valence electrons. The van der Waals surface area contributed by atoms with Crippen LogP contribution in [0.2, 0.25) is 0 Å². The highest BCUT2D eigenvalue weighted by atomic mass is 19.1. The van der Waals surface area contributed by atoms with Crippen LogP contribution in [0.1, 0.15) is 64.5 Å². The Bertz CT molecular complexity index is 885. The molecule has 1 aromatic heterocycles. The average molecular weight is 398 g/mol. The van der Waals surface area contributed by atoms with Crippen molar-refractivity contribution < 1.29 is 14.0 Å². The normalized spacial score (nSPS) is 16.4. The number of hydrogen-bond donors (Lipinski definition) is 1. The molecule has 0 saturated carbocycles. The van der Waals surface area contributed by atoms with Crippen LogP contribution in [0.25, 0.3) is 0 Å². The molecule has 0 atom stereocenters. The van der Waals surface area contributed by atoms with Crippen LogP contribution in [0, 0.1) is 5.82 Å². The van der Waals surface area contributed by atoms with Crippen molar-refractivity contribution in [2.75, 3.05) is 19.6 Å². The fourth-order valence-electron chi connectivity index (χ4n) is 4.18. The lowest BCUT2D eigenvalue weighted by Crippen LogP contribution is -2.37. The summed E-state index contributed by atoms with van der Waals surface area (Å²) in [6.45, 7) is 2.70. The van der Waals surface area contributed by atoms with E-state index in [9.17, 15) is 14.0 Å². The van der Waals surface area contributed by atoms with E-state index in [1.165, 1.54) is 12.1 Å². The smallest absolute Gasteiger partial charge is 0.289 e. The number of benzene rings is 1. The average Bonchev–Trinajstić information content (AvgIpc) is 3.15. The van der Waals surface area contributed by atoms with Crippen LogP contribution in [0.15, 0.2) is 24.3 Å². The number of halogens is 1. The third-order valence-electron chi connectivity index (χ3n) is 5.78. The summed E-state index contributed by atoms with van der Waals surface area (Å²) in [5.41, 5.74) is 2.21. The Labute approximate surface area is 170 Å². The Balaban J connectivity index is 1.47. The van der Waals surface area contributed by atoms with Gasteiger partial charge in [-0.25, -0.2) is 9.37 Å². The number of aromatic nitrogens is 2. The summed E-state index contributed by atoms with van der Waals surface area (Å²) >= 11 is 0. The van der Waals surface area contributed by atoms with E-state index in [1.54, 1.807) is 12.1 Å². The summed E-state index contributed by atoms with van der Waals surface area (Å²) in [4.78, 5) is 32.2. The highest BCUT2D eigenvalue weighted by molar-refractivity contribution is 5.97. The monoisotopic (exact) mass is 398 g/mol. The molecule has 0 unspecified atom stereocenters. The highest BCUT2D eigenvalue weighted by Gasteiger charge is 2.30. The van der Waals surface area contributed by atoms with Crippen molar-refractivity contribution in [3.63, 3.8) is 0 Å². The number of carbonyl (C=O) groups is 2. The first-order valence-electron chi connectivity index (χ1n) is 10.5. The van der Waals surface area contributed by atoms with E-state index in [1.807, 2.05) is 9.47 Å². The molecule has 7 heteroatoms.